The molecule has 0 aromatic carbocycles. The summed E-state index contributed by atoms with van der Waals surface area (Å²) >= 11 is 5.94. The van der Waals surface area contributed by atoms with Crippen molar-refractivity contribution in [3.8, 4) is 0 Å². The Kier molecular flexibility index (Phi) is 3.33. The number of fused-ring (bicyclic) bond motifs is 1. The summed E-state index contributed by atoms with van der Waals surface area (Å²) in [7, 11) is 0. The van der Waals surface area contributed by atoms with Gasteiger partial charge in [-0.25, -0.2) is 14.8 Å². The third kappa shape index (κ3) is 2.41. The first-order valence-corrected chi connectivity index (χ1v) is 6.35. The molecule has 0 spiro atoms. The molecule has 3 aromatic rings. The highest BCUT2D eigenvalue weighted by Crippen LogP contribution is 2.25. The van der Waals surface area contributed by atoms with Crippen LogP contribution in [-0.4, -0.2) is 30.7 Å². The lowest BCUT2D eigenvalue weighted by Crippen LogP contribution is -2.04. The van der Waals surface area contributed by atoms with Crippen molar-refractivity contribution in [1.29, 1.82) is 0 Å². The number of nitrogens with zero attached hydrogens (tertiary/aromatic N) is 5. The highest BCUT2D eigenvalue weighted by molar-refractivity contribution is 6.29. The van der Waals surface area contributed by atoms with Gasteiger partial charge in [0.1, 0.15) is 11.5 Å². The molecule has 2 N–H and O–H groups in total. The van der Waals surface area contributed by atoms with Crippen LogP contribution >= 0.6 is 11.6 Å². The summed E-state index contributed by atoms with van der Waals surface area (Å²) in [5, 5.41) is 16.1. The maximum absolute atomic E-state index is 10.9. The van der Waals surface area contributed by atoms with Gasteiger partial charge in [-0.15, -0.1) is 4.52 Å². The highest BCUT2D eigenvalue weighted by Gasteiger charge is 2.14. The Bertz CT molecular complexity index is 930. The standard InChI is InChI=1S/C13H7ClN6O2/c1-15-11-6-16-12-8(5-9(14)19-20(11)12)18-10-4-2-3-7(17-10)13(21)22/h2-6H,(H,17,18)(H,21,22). The van der Waals surface area contributed by atoms with E-state index in [-0.39, 0.29) is 16.7 Å². The maximum atomic E-state index is 10.9. The fraction of sp³-hybridized carbons (Fsp3) is 0. The first kappa shape index (κ1) is 13.8. The lowest BCUT2D eigenvalue weighted by Gasteiger charge is -2.06. The van der Waals surface area contributed by atoms with Crippen LogP contribution in [0.25, 0.3) is 10.5 Å². The molecule has 8 nitrogen and oxygen atoms in total. The van der Waals surface area contributed by atoms with Crippen molar-refractivity contribution in [3.05, 3.63) is 52.7 Å². The van der Waals surface area contributed by atoms with E-state index in [4.69, 9.17) is 23.3 Å². The Morgan fingerprint density at radius 3 is 3.00 bits per heavy atom. The molecule has 0 fully saturated rings. The van der Waals surface area contributed by atoms with Crippen molar-refractivity contribution in [1.82, 2.24) is 19.6 Å². The number of imidazole rings is 1. The number of hydrogen-bond donors (Lipinski definition) is 2. The lowest BCUT2D eigenvalue weighted by molar-refractivity contribution is 0.0690. The van der Waals surface area contributed by atoms with Gasteiger partial charge in [-0.05, 0) is 12.1 Å². The second kappa shape index (κ2) is 5.31. The number of carboxylic acids is 1. The highest BCUT2D eigenvalue weighted by atomic mass is 35.5. The molecule has 3 rings (SSSR count). The van der Waals surface area contributed by atoms with Crippen LogP contribution in [0, 0.1) is 6.57 Å². The van der Waals surface area contributed by atoms with E-state index in [2.05, 4.69) is 25.2 Å². The Morgan fingerprint density at radius 1 is 1.45 bits per heavy atom. The van der Waals surface area contributed by atoms with Crippen LogP contribution in [0.2, 0.25) is 5.15 Å². The minimum Gasteiger partial charge on any atom is -0.477 e. The van der Waals surface area contributed by atoms with Gasteiger partial charge in [-0.1, -0.05) is 29.3 Å². The van der Waals surface area contributed by atoms with Crippen LogP contribution in [0.3, 0.4) is 0 Å². The predicted molar refractivity (Wildman–Crippen MR) is 78.7 cm³/mol. The number of aromatic nitrogens is 4. The second-order valence-electron chi connectivity index (χ2n) is 4.18. The molecule has 3 aromatic heterocycles. The number of aromatic carboxylic acids is 1. The molecule has 0 aliphatic rings. The Morgan fingerprint density at radius 2 is 2.27 bits per heavy atom. The second-order valence-corrected chi connectivity index (χ2v) is 4.57. The van der Waals surface area contributed by atoms with Crippen molar-refractivity contribution in [3.63, 3.8) is 0 Å². The van der Waals surface area contributed by atoms with E-state index in [9.17, 15) is 4.79 Å². The number of carboxylic acid groups (broad SMARTS) is 1. The summed E-state index contributed by atoms with van der Waals surface area (Å²) in [6.07, 6.45) is 1.37. The molecule has 0 amide bonds. The number of halogens is 1. The topological polar surface area (TPSA) is 96.8 Å². The molecule has 0 saturated heterocycles. The molecular weight excluding hydrogens is 308 g/mol. The summed E-state index contributed by atoms with van der Waals surface area (Å²) in [5.74, 6) is -0.595. The van der Waals surface area contributed by atoms with E-state index in [1.165, 1.54) is 22.8 Å². The van der Waals surface area contributed by atoms with Crippen molar-refractivity contribution in [2.45, 2.75) is 0 Å². The number of rotatable bonds is 3. The van der Waals surface area contributed by atoms with E-state index in [0.29, 0.717) is 17.2 Å². The SMILES string of the molecule is [C-]#[N+]c1cnc2c(Nc3cccc(C(=O)O)n3)cc(Cl)nn12. The minimum absolute atomic E-state index is 0.0913. The van der Waals surface area contributed by atoms with Crippen LogP contribution < -0.4 is 5.32 Å². The van der Waals surface area contributed by atoms with E-state index in [1.54, 1.807) is 12.1 Å². The predicted octanol–water partition coefficient (Wildman–Crippen LogP) is 2.77. The fourth-order valence-electron chi connectivity index (χ4n) is 1.86. The molecule has 22 heavy (non-hydrogen) atoms. The molecule has 0 bridgehead atoms. The Balaban J connectivity index is 2.08. The van der Waals surface area contributed by atoms with E-state index in [1.807, 2.05) is 0 Å². The van der Waals surface area contributed by atoms with Gasteiger partial charge in [-0.2, -0.15) is 0 Å². The summed E-state index contributed by atoms with van der Waals surface area (Å²) in [5.41, 5.74) is 0.759. The van der Waals surface area contributed by atoms with Crippen molar-refractivity contribution in [2.24, 2.45) is 0 Å². The minimum atomic E-state index is -1.13. The van der Waals surface area contributed by atoms with Gasteiger partial charge in [0.15, 0.2) is 10.8 Å². The zero-order valence-corrected chi connectivity index (χ0v) is 11.6. The zero-order valence-electron chi connectivity index (χ0n) is 10.9. The van der Waals surface area contributed by atoms with Crippen molar-refractivity contribution >= 4 is 40.5 Å². The monoisotopic (exact) mass is 314 g/mol. The van der Waals surface area contributed by atoms with Gasteiger partial charge >= 0.3 is 5.97 Å². The fourth-order valence-corrected chi connectivity index (χ4v) is 2.04. The van der Waals surface area contributed by atoms with Crippen molar-refractivity contribution < 1.29 is 9.90 Å². The summed E-state index contributed by atoms with van der Waals surface area (Å²) in [4.78, 5) is 22.3. The quantitative estimate of drug-likeness (QED) is 0.721. The first-order chi connectivity index (χ1) is 10.6. The molecule has 0 unspecified atom stereocenters. The maximum Gasteiger partial charge on any atom is 0.354 e. The average Bonchev–Trinajstić information content (AvgIpc) is 2.90. The van der Waals surface area contributed by atoms with Crippen LogP contribution in [0.15, 0.2) is 30.5 Å². The molecule has 9 heteroatoms. The molecular formula is C13H7ClN6O2. The van der Waals surface area contributed by atoms with Gasteiger partial charge in [0, 0.05) is 6.07 Å². The van der Waals surface area contributed by atoms with Gasteiger partial charge in [0.05, 0.1) is 6.20 Å². The van der Waals surface area contributed by atoms with Crippen LogP contribution in [0.1, 0.15) is 10.5 Å². The van der Waals surface area contributed by atoms with Crippen molar-refractivity contribution in [2.75, 3.05) is 5.32 Å². The number of nitrogens with one attached hydrogen (secondary N) is 1. The Hall–Kier alpha value is -3.18. The number of carbonyl (C=O) groups is 1. The summed E-state index contributed by atoms with van der Waals surface area (Å²) in [6.45, 7) is 7.06. The summed E-state index contributed by atoms with van der Waals surface area (Å²) < 4.78 is 1.30. The van der Waals surface area contributed by atoms with Crippen LogP contribution in [0.4, 0.5) is 17.3 Å². The summed E-state index contributed by atoms with van der Waals surface area (Å²) in [6, 6.07) is 6.08. The molecule has 0 saturated carbocycles. The first-order valence-electron chi connectivity index (χ1n) is 5.97. The smallest absolute Gasteiger partial charge is 0.354 e. The van der Waals surface area contributed by atoms with Gasteiger partial charge in [-0.3, -0.25) is 0 Å². The average molecular weight is 315 g/mol. The molecule has 0 atom stereocenters. The number of anilines is 2. The zero-order chi connectivity index (χ0) is 15.7. The van der Waals surface area contributed by atoms with E-state index >= 15 is 0 Å². The third-order valence-corrected chi connectivity index (χ3v) is 2.95. The number of hydrogen-bond acceptors (Lipinski definition) is 5. The van der Waals surface area contributed by atoms with E-state index in [0.717, 1.165) is 0 Å². The van der Waals surface area contributed by atoms with Crippen LogP contribution in [-0.2, 0) is 0 Å². The number of pyridine rings is 1. The molecule has 0 aliphatic carbocycles. The lowest BCUT2D eigenvalue weighted by atomic mass is 10.3. The van der Waals surface area contributed by atoms with E-state index < -0.39 is 5.97 Å². The molecule has 0 radical (unpaired) electrons. The molecule has 0 aliphatic heterocycles. The normalized spacial score (nSPS) is 10.4. The Labute approximate surface area is 128 Å². The van der Waals surface area contributed by atoms with Gasteiger partial charge < -0.3 is 15.3 Å². The molecule has 108 valence electrons. The van der Waals surface area contributed by atoms with Gasteiger partial charge in [0.25, 0.3) is 11.5 Å². The molecule has 3 heterocycles. The largest absolute Gasteiger partial charge is 0.477 e. The van der Waals surface area contributed by atoms with Gasteiger partial charge in [0.2, 0.25) is 0 Å². The third-order valence-electron chi connectivity index (χ3n) is 2.77. The van der Waals surface area contributed by atoms with Crippen LogP contribution in [0.5, 0.6) is 0 Å².